The molecule has 0 spiro atoms. The fourth-order valence-electron chi connectivity index (χ4n) is 2.82. The third-order valence-corrected chi connectivity index (χ3v) is 4.13. The maximum atomic E-state index is 12.3. The van der Waals surface area contributed by atoms with Crippen LogP contribution in [0.1, 0.15) is 59.5 Å². The summed E-state index contributed by atoms with van der Waals surface area (Å²) in [4.78, 5) is 28.7. The Kier molecular flexibility index (Phi) is 5.31. The first kappa shape index (κ1) is 15.5. The minimum Gasteiger partial charge on any atom is -0.477 e. The Bertz CT molecular complexity index is 510. The first-order valence-corrected chi connectivity index (χ1v) is 7.53. The number of carboxylic acid groups (broad SMARTS) is 1. The highest BCUT2D eigenvalue weighted by Gasteiger charge is 2.18. The van der Waals surface area contributed by atoms with Gasteiger partial charge in [0.2, 0.25) is 0 Å². The number of aromatic carboxylic acids is 1. The molecule has 1 aromatic rings. The van der Waals surface area contributed by atoms with Gasteiger partial charge < -0.3 is 10.0 Å². The third-order valence-electron chi connectivity index (χ3n) is 4.13. The monoisotopic (exact) mass is 290 g/mol. The summed E-state index contributed by atoms with van der Waals surface area (Å²) in [7, 11) is 1.75. The van der Waals surface area contributed by atoms with E-state index >= 15 is 0 Å². The lowest BCUT2D eigenvalue weighted by molar-refractivity contribution is 0.0690. The zero-order valence-electron chi connectivity index (χ0n) is 12.4. The molecule has 0 aliphatic heterocycles. The summed E-state index contributed by atoms with van der Waals surface area (Å²) in [6.45, 7) is 0.697. The summed E-state index contributed by atoms with van der Waals surface area (Å²) < 4.78 is 0. The molecule has 1 N–H and O–H groups in total. The summed E-state index contributed by atoms with van der Waals surface area (Å²) in [5.41, 5.74) is 0.0996. The number of carbonyl (C=O) groups excluding carboxylic acids is 1. The number of aromatic nitrogens is 1. The Morgan fingerprint density at radius 3 is 2.57 bits per heavy atom. The first-order chi connectivity index (χ1) is 10.1. The molecule has 1 aliphatic rings. The Morgan fingerprint density at radius 2 is 1.90 bits per heavy atom. The lowest BCUT2D eigenvalue weighted by atomic mass is 9.87. The second-order valence-corrected chi connectivity index (χ2v) is 5.73. The SMILES string of the molecule is CN(CCC1CCCCC1)C(=O)c1cccc(C(=O)O)n1. The lowest BCUT2D eigenvalue weighted by Gasteiger charge is -2.24. The Balaban J connectivity index is 1.92. The normalized spacial score (nSPS) is 15.7. The first-order valence-electron chi connectivity index (χ1n) is 7.53. The number of carboxylic acids is 1. The van der Waals surface area contributed by atoms with Gasteiger partial charge in [0.25, 0.3) is 5.91 Å². The van der Waals surface area contributed by atoms with Crippen LogP contribution in [-0.2, 0) is 0 Å². The lowest BCUT2D eigenvalue weighted by Crippen LogP contribution is -2.30. The van der Waals surface area contributed by atoms with E-state index in [1.165, 1.54) is 38.2 Å². The molecular weight excluding hydrogens is 268 g/mol. The molecular formula is C16H22N2O3. The predicted molar refractivity (Wildman–Crippen MR) is 79.3 cm³/mol. The van der Waals surface area contributed by atoms with Gasteiger partial charge in [0.1, 0.15) is 11.4 Å². The number of rotatable bonds is 5. The van der Waals surface area contributed by atoms with Crippen molar-refractivity contribution in [2.24, 2.45) is 5.92 Å². The average molecular weight is 290 g/mol. The van der Waals surface area contributed by atoms with E-state index in [1.54, 1.807) is 24.1 Å². The second kappa shape index (κ2) is 7.20. The molecule has 0 bridgehead atoms. The molecule has 0 unspecified atom stereocenters. The highest BCUT2D eigenvalue weighted by Crippen LogP contribution is 2.26. The van der Waals surface area contributed by atoms with Gasteiger partial charge in [-0.1, -0.05) is 38.2 Å². The van der Waals surface area contributed by atoms with Gasteiger partial charge in [-0.25, -0.2) is 9.78 Å². The van der Waals surface area contributed by atoms with Crippen LogP contribution in [-0.4, -0.2) is 40.5 Å². The summed E-state index contributed by atoms with van der Waals surface area (Å²) in [5.74, 6) is -0.615. The van der Waals surface area contributed by atoms with Crippen LogP contribution in [0.15, 0.2) is 18.2 Å². The van der Waals surface area contributed by atoms with E-state index in [4.69, 9.17) is 5.11 Å². The van der Waals surface area contributed by atoms with Gasteiger partial charge >= 0.3 is 5.97 Å². The topological polar surface area (TPSA) is 70.5 Å². The van der Waals surface area contributed by atoms with Gasteiger partial charge in [0, 0.05) is 13.6 Å². The van der Waals surface area contributed by atoms with Crippen molar-refractivity contribution in [1.29, 1.82) is 0 Å². The van der Waals surface area contributed by atoms with Crippen LogP contribution >= 0.6 is 0 Å². The van der Waals surface area contributed by atoms with Crippen molar-refractivity contribution in [2.75, 3.05) is 13.6 Å². The quantitative estimate of drug-likeness (QED) is 0.905. The molecule has 1 saturated carbocycles. The van der Waals surface area contributed by atoms with Gasteiger partial charge in [-0.3, -0.25) is 4.79 Å². The molecule has 0 atom stereocenters. The van der Waals surface area contributed by atoms with Crippen LogP contribution in [0.5, 0.6) is 0 Å². The molecule has 21 heavy (non-hydrogen) atoms. The van der Waals surface area contributed by atoms with Gasteiger partial charge in [0.15, 0.2) is 0 Å². The van der Waals surface area contributed by atoms with Crippen LogP contribution < -0.4 is 0 Å². The van der Waals surface area contributed by atoms with Crippen molar-refractivity contribution in [3.8, 4) is 0 Å². The minimum absolute atomic E-state index is 0.0958. The fourth-order valence-corrected chi connectivity index (χ4v) is 2.82. The molecule has 1 amide bonds. The van der Waals surface area contributed by atoms with E-state index in [0.717, 1.165) is 6.42 Å². The average Bonchev–Trinajstić information content (AvgIpc) is 2.53. The Morgan fingerprint density at radius 1 is 1.24 bits per heavy atom. The summed E-state index contributed by atoms with van der Waals surface area (Å²) in [6.07, 6.45) is 7.46. The zero-order chi connectivity index (χ0) is 15.2. The number of amides is 1. The van der Waals surface area contributed by atoms with E-state index in [2.05, 4.69) is 4.98 Å². The van der Waals surface area contributed by atoms with Crippen molar-refractivity contribution in [3.63, 3.8) is 0 Å². The molecule has 0 aromatic carbocycles. The number of hydrogen-bond acceptors (Lipinski definition) is 3. The molecule has 5 nitrogen and oxygen atoms in total. The van der Waals surface area contributed by atoms with Crippen molar-refractivity contribution in [1.82, 2.24) is 9.88 Å². The van der Waals surface area contributed by atoms with E-state index < -0.39 is 5.97 Å². The molecule has 0 saturated heterocycles. The zero-order valence-corrected chi connectivity index (χ0v) is 12.4. The summed E-state index contributed by atoms with van der Waals surface area (Å²) in [5, 5.41) is 8.92. The Hall–Kier alpha value is -1.91. The number of pyridine rings is 1. The maximum Gasteiger partial charge on any atom is 0.354 e. The van der Waals surface area contributed by atoms with E-state index in [9.17, 15) is 9.59 Å². The molecule has 1 aliphatic carbocycles. The highest BCUT2D eigenvalue weighted by molar-refractivity contribution is 5.94. The standard InChI is InChI=1S/C16H22N2O3/c1-18(11-10-12-6-3-2-4-7-12)15(19)13-8-5-9-14(17-13)16(20)21/h5,8-9,12H,2-4,6-7,10-11H2,1H3,(H,20,21). The summed E-state index contributed by atoms with van der Waals surface area (Å²) >= 11 is 0. The van der Waals surface area contributed by atoms with Gasteiger partial charge in [-0.2, -0.15) is 0 Å². The minimum atomic E-state index is -1.12. The Labute approximate surface area is 125 Å². The molecule has 0 radical (unpaired) electrons. The molecule has 114 valence electrons. The molecule has 1 fully saturated rings. The molecule has 1 aromatic heterocycles. The molecule has 2 rings (SSSR count). The molecule has 1 heterocycles. The van der Waals surface area contributed by atoms with Crippen molar-refractivity contribution in [2.45, 2.75) is 38.5 Å². The van der Waals surface area contributed by atoms with Crippen molar-refractivity contribution >= 4 is 11.9 Å². The van der Waals surface area contributed by atoms with Crippen molar-refractivity contribution < 1.29 is 14.7 Å². The van der Waals surface area contributed by atoms with Crippen molar-refractivity contribution in [3.05, 3.63) is 29.6 Å². The summed E-state index contributed by atoms with van der Waals surface area (Å²) in [6, 6.07) is 4.51. The second-order valence-electron chi connectivity index (χ2n) is 5.73. The van der Waals surface area contributed by atoms with E-state index in [0.29, 0.717) is 12.5 Å². The maximum absolute atomic E-state index is 12.3. The molecule has 5 heteroatoms. The van der Waals surface area contributed by atoms with Crippen LogP contribution in [0.25, 0.3) is 0 Å². The highest BCUT2D eigenvalue weighted by atomic mass is 16.4. The van der Waals surface area contributed by atoms with Gasteiger partial charge in [0.05, 0.1) is 0 Å². The number of carbonyl (C=O) groups is 2. The predicted octanol–water partition coefficient (Wildman–Crippen LogP) is 2.82. The largest absolute Gasteiger partial charge is 0.477 e. The van der Waals surface area contributed by atoms with E-state index in [-0.39, 0.29) is 17.3 Å². The number of nitrogens with zero attached hydrogens (tertiary/aromatic N) is 2. The van der Waals surface area contributed by atoms with Gasteiger partial charge in [-0.15, -0.1) is 0 Å². The number of hydrogen-bond donors (Lipinski definition) is 1. The van der Waals surface area contributed by atoms with Gasteiger partial charge in [-0.05, 0) is 24.5 Å². The van der Waals surface area contributed by atoms with Crippen LogP contribution in [0.4, 0.5) is 0 Å². The fraction of sp³-hybridized carbons (Fsp3) is 0.562. The van der Waals surface area contributed by atoms with Crippen LogP contribution in [0.2, 0.25) is 0 Å². The van der Waals surface area contributed by atoms with E-state index in [1.807, 2.05) is 0 Å². The smallest absolute Gasteiger partial charge is 0.354 e. The van der Waals surface area contributed by atoms with Crippen LogP contribution in [0, 0.1) is 5.92 Å². The third kappa shape index (κ3) is 4.28. The van der Waals surface area contributed by atoms with Crippen LogP contribution in [0.3, 0.4) is 0 Å².